The first-order valence-corrected chi connectivity index (χ1v) is 7.69. The third kappa shape index (κ3) is 3.94. The summed E-state index contributed by atoms with van der Waals surface area (Å²) in [6.07, 6.45) is 1.37. The fraction of sp³-hybridized carbons (Fsp3) is 0.0526. The Kier molecular flexibility index (Phi) is 5.07. The molecule has 1 aromatic heterocycles. The van der Waals surface area contributed by atoms with Gasteiger partial charge in [0.15, 0.2) is 0 Å². The predicted molar refractivity (Wildman–Crippen MR) is 94.8 cm³/mol. The van der Waals surface area contributed by atoms with Gasteiger partial charge in [-0.05, 0) is 42.5 Å². The van der Waals surface area contributed by atoms with Gasteiger partial charge in [-0.15, -0.1) is 0 Å². The van der Waals surface area contributed by atoms with Gasteiger partial charge in [0.1, 0.15) is 28.9 Å². The van der Waals surface area contributed by atoms with Crippen molar-refractivity contribution in [3.8, 4) is 5.75 Å². The highest BCUT2D eigenvalue weighted by atomic mass is 19.1. The van der Waals surface area contributed by atoms with Gasteiger partial charge in [-0.3, -0.25) is 4.79 Å². The maximum absolute atomic E-state index is 13.6. The monoisotopic (exact) mass is 355 g/mol. The van der Waals surface area contributed by atoms with E-state index in [2.05, 4.69) is 15.6 Å². The fourth-order valence-electron chi connectivity index (χ4n) is 2.26. The Hall–Kier alpha value is -3.48. The highest BCUT2D eigenvalue weighted by Gasteiger charge is 2.10. The molecular formula is C19H15F2N3O2. The lowest BCUT2D eigenvalue weighted by Gasteiger charge is -2.10. The number of benzene rings is 2. The van der Waals surface area contributed by atoms with Crippen LogP contribution in [-0.4, -0.2) is 18.0 Å². The highest BCUT2D eigenvalue weighted by Crippen LogP contribution is 2.23. The van der Waals surface area contributed by atoms with Crippen molar-refractivity contribution in [2.45, 2.75) is 0 Å². The van der Waals surface area contributed by atoms with E-state index in [1.807, 2.05) is 0 Å². The molecule has 0 saturated carbocycles. The number of anilines is 3. The fourth-order valence-corrected chi connectivity index (χ4v) is 2.26. The second-order valence-corrected chi connectivity index (χ2v) is 5.34. The third-order valence-corrected chi connectivity index (χ3v) is 3.57. The summed E-state index contributed by atoms with van der Waals surface area (Å²) in [5.41, 5.74) is 0.539. The molecule has 2 aromatic carbocycles. The Morgan fingerprint density at radius 3 is 2.42 bits per heavy atom. The van der Waals surface area contributed by atoms with Gasteiger partial charge < -0.3 is 15.4 Å². The Morgan fingerprint density at radius 1 is 1.04 bits per heavy atom. The van der Waals surface area contributed by atoms with Crippen LogP contribution in [-0.2, 0) is 0 Å². The zero-order chi connectivity index (χ0) is 18.5. The van der Waals surface area contributed by atoms with E-state index in [9.17, 15) is 13.6 Å². The SMILES string of the molecule is COc1cccc(C(=O)Nc2ccc(Nc3c(F)cccc3F)cn2)c1. The van der Waals surface area contributed by atoms with Crippen LogP contribution in [0.5, 0.6) is 5.75 Å². The van der Waals surface area contributed by atoms with Gasteiger partial charge in [-0.25, -0.2) is 13.8 Å². The van der Waals surface area contributed by atoms with E-state index in [1.54, 1.807) is 30.3 Å². The molecule has 7 heteroatoms. The van der Waals surface area contributed by atoms with Crippen molar-refractivity contribution in [2.24, 2.45) is 0 Å². The summed E-state index contributed by atoms with van der Waals surface area (Å²) in [5, 5.41) is 5.27. The molecule has 2 N–H and O–H groups in total. The average molecular weight is 355 g/mol. The van der Waals surface area contributed by atoms with Crippen LogP contribution in [0.4, 0.5) is 26.0 Å². The Labute approximate surface area is 148 Å². The van der Waals surface area contributed by atoms with Crippen LogP contribution in [0, 0.1) is 11.6 Å². The molecule has 0 saturated heterocycles. The molecule has 0 atom stereocenters. The molecule has 0 radical (unpaired) electrons. The molecule has 0 bridgehead atoms. The molecule has 0 unspecified atom stereocenters. The van der Waals surface area contributed by atoms with E-state index in [0.29, 0.717) is 22.8 Å². The van der Waals surface area contributed by atoms with Crippen LogP contribution in [0.15, 0.2) is 60.8 Å². The van der Waals surface area contributed by atoms with Gasteiger partial charge in [0.25, 0.3) is 5.91 Å². The molecule has 1 amide bonds. The van der Waals surface area contributed by atoms with E-state index in [0.717, 1.165) is 12.1 Å². The van der Waals surface area contributed by atoms with E-state index in [4.69, 9.17) is 4.74 Å². The number of carbonyl (C=O) groups is 1. The molecule has 3 aromatic rings. The van der Waals surface area contributed by atoms with Crippen molar-refractivity contribution in [3.63, 3.8) is 0 Å². The van der Waals surface area contributed by atoms with E-state index >= 15 is 0 Å². The average Bonchev–Trinajstić information content (AvgIpc) is 2.66. The van der Waals surface area contributed by atoms with Crippen LogP contribution in [0.25, 0.3) is 0 Å². The number of amides is 1. The topological polar surface area (TPSA) is 63.2 Å². The number of nitrogens with zero attached hydrogens (tertiary/aromatic N) is 1. The second-order valence-electron chi connectivity index (χ2n) is 5.34. The molecule has 0 spiro atoms. The number of rotatable bonds is 5. The first kappa shape index (κ1) is 17.3. The number of ether oxygens (including phenoxy) is 1. The Morgan fingerprint density at radius 2 is 1.77 bits per heavy atom. The number of aromatic nitrogens is 1. The van der Waals surface area contributed by atoms with Gasteiger partial charge >= 0.3 is 0 Å². The molecule has 3 rings (SSSR count). The number of hydrogen-bond acceptors (Lipinski definition) is 4. The smallest absolute Gasteiger partial charge is 0.256 e. The largest absolute Gasteiger partial charge is 0.497 e. The van der Waals surface area contributed by atoms with Crippen LogP contribution in [0.1, 0.15) is 10.4 Å². The summed E-state index contributed by atoms with van der Waals surface area (Å²) in [4.78, 5) is 16.3. The van der Waals surface area contributed by atoms with Crippen molar-refractivity contribution in [3.05, 3.63) is 78.0 Å². The molecule has 1 heterocycles. The van der Waals surface area contributed by atoms with Gasteiger partial charge in [0, 0.05) is 5.56 Å². The van der Waals surface area contributed by atoms with Crippen LogP contribution in [0.2, 0.25) is 0 Å². The van der Waals surface area contributed by atoms with Crippen molar-refractivity contribution in [2.75, 3.05) is 17.7 Å². The summed E-state index contributed by atoms with van der Waals surface area (Å²) in [6.45, 7) is 0. The van der Waals surface area contributed by atoms with E-state index in [1.165, 1.54) is 25.4 Å². The second kappa shape index (κ2) is 7.60. The minimum Gasteiger partial charge on any atom is -0.497 e. The molecule has 5 nitrogen and oxygen atoms in total. The number of hydrogen-bond donors (Lipinski definition) is 2. The molecule has 0 fully saturated rings. The molecule has 0 aliphatic rings. The Balaban J connectivity index is 1.70. The number of halogens is 2. The lowest BCUT2D eigenvalue weighted by molar-refractivity contribution is 0.102. The van der Waals surface area contributed by atoms with Crippen LogP contribution < -0.4 is 15.4 Å². The lowest BCUT2D eigenvalue weighted by atomic mass is 10.2. The minimum absolute atomic E-state index is 0.262. The zero-order valence-electron chi connectivity index (χ0n) is 13.8. The van der Waals surface area contributed by atoms with Gasteiger partial charge in [-0.2, -0.15) is 0 Å². The quantitative estimate of drug-likeness (QED) is 0.714. The number of para-hydroxylation sites is 1. The van der Waals surface area contributed by atoms with Crippen LogP contribution >= 0.6 is 0 Å². The molecule has 132 valence electrons. The maximum atomic E-state index is 13.6. The highest BCUT2D eigenvalue weighted by molar-refractivity contribution is 6.04. The summed E-state index contributed by atoms with van der Waals surface area (Å²) in [6, 6.07) is 13.4. The van der Waals surface area contributed by atoms with Crippen molar-refractivity contribution in [1.29, 1.82) is 0 Å². The summed E-state index contributed by atoms with van der Waals surface area (Å²) in [5.74, 6) is -0.896. The molecule has 0 aliphatic heterocycles. The van der Waals surface area contributed by atoms with Gasteiger partial charge in [0.05, 0.1) is 19.0 Å². The number of methoxy groups -OCH3 is 1. The third-order valence-electron chi connectivity index (χ3n) is 3.57. The zero-order valence-corrected chi connectivity index (χ0v) is 13.8. The van der Waals surface area contributed by atoms with Crippen molar-refractivity contribution < 1.29 is 18.3 Å². The van der Waals surface area contributed by atoms with Gasteiger partial charge in [-0.1, -0.05) is 12.1 Å². The summed E-state index contributed by atoms with van der Waals surface area (Å²) >= 11 is 0. The number of pyridine rings is 1. The Bertz CT molecular complexity index is 910. The molecule has 26 heavy (non-hydrogen) atoms. The minimum atomic E-state index is -0.708. The lowest BCUT2D eigenvalue weighted by Crippen LogP contribution is -2.13. The maximum Gasteiger partial charge on any atom is 0.256 e. The first-order chi connectivity index (χ1) is 12.6. The van der Waals surface area contributed by atoms with Crippen LogP contribution in [0.3, 0.4) is 0 Å². The van der Waals surface area contributed by atoms with Crippen molar-refractivity contribution in [1.82, 2.24) is 4.98 Å². The molecular weight excluding hydrogens is 340 g/mol. The van der Waals surface area contributed by atoms with E-state index < -0.39 is 11.6 Å². The number of nitrogens with one attached hydrogen (secondary N) is 2. The summed E-state index contributed by atoms with van der Waals surface area (Å²) < 4.78 is 32.4. The van der Waals surface area contributed by atoms with E-state index in [-0.39, 0.29) is 11.6 Å². The predicted octanol–water partition coefficient (Wildman–Crippen LogP) is 4.36. The molecule has 0 aliphatic carbocycles. The first-order valence-electron chi connectivity index (χ1n) is 7.69. The summed E-state index contributed by atoms with van der Waals surface area (Å²) in [7, 11) is 1.52. The van der Waals surface area contributed by atoms with Gasteiger partial charge in [0.2, 0.25) is 0 Å². The number of carbonyl (C=O) groups excluding carboxylic acids is 1. The normalized spacial score (nSPS) is 10.3. The standard InChI is InChI=1S/C19H15F2N3O2/c1-26-14-5-2-4-12(10-14)19(25)24-17-9-8-13(11-22-17)23-18-15(20)6-3-7-16(18)21/h2-11,23H,1H3,(H,22,24,25). The van der Waals surface area contributed by atoms with Crippen molar-refractivity contribution >= 4 is 23.1 Å².